The first-order valence-electron chi connectivity index (χ1n) is 19.8. The molecular weight excluding hydrogens is 795 g/mol. The molecule has 7 heterocycles. The van der Waals surface area contributed by atoms with E-state index in [1.54, 1.807) is 6.07 Å². The summed E-state index contributed by atoms with van der Waals surface area (Å²) in [6.45, 7) is 3.15. The van der Waals surface area contributed by atoms with Crippen LogP contribution in [0, 0.1) is 23.4 Å². The number of pyridine rings is 2. The van der Waals surface area contributed by atoms with E-state index in [1.165, 1.54) is 36.8 Å². The zero-order valence-corrected chi connectivity index (χ0v) is 32.1. The van der Waals surface area contributed by atoms with E-state index in [0.29, 0.717) is 51.0 Å². The number of alkyl halides is 3. The summed E-state index contributed by atoms with van der Waals surface area (Å²) in [6.07, 6.45) is 2.03. The Labute approximate surface area is 338 Å². The molecule has 0 saturated carbocycles. The van der Waals surface area contributed by atoms with E-state index < -0.39 is 65.4 Å². The van der Waals surface area contributed by atoms with Crippen LogP contribution < -0.4 is 15.1 Å². The molecule has 1 atom stereocenters. The summed E-state index contributed by atoms with van der Waals surface area (Å²) in [5, 5.41) is 2.37. The standard InChI is InChI=1S/C42H38F6N8O4/c43-29-18-26-27(41(60)56(40(26)59)32-2-4-35(57)51-39(32)58)19-33(29)53-15-13-52(14-16-53)10-6-23-7-11-54(12-8-23)34-3-1-24(20-50-34)36-30(44)17-25-28-21-49-9-5-31(28)55(22-42(46,47)48)38(25)37(36)45/h1,3,5,9,17-21,23,32H,2,4,6-8,10-16,22H2,(H,51,57,58). The molecule has 2 aromatic carbocycles. The third-order valence-electron chi connectivity index (χ3n) is 12.2. The van der Waals surface area contributed by atoms with Gasteiger partial charge in [0.1, 0.15) is 30.0 Å². The zero-order valence-electron chi connectivity index (χ0n) is 32.1. The smallest absolute Gasteiger partial charge is 0.367 e. The number of piperazine rings is 1. The number of hydrogen-bond acceptors (Lipinski definition) is 9. The summed E-state index contributed by atoms with van der Waals surface area (Å²) in [4.78, 5) is 65.9. The van der Waals surface area contributed by atoms with Gasteiger partial charge in [0.2, 0.25) is 11.8 Å². The number of fused-ring (bicyclic) bond motifs is 4. The third-order valence-corrected chi connectivity index (χ3v) is 12.2. The van der Waals surface area contributed by atoms with Crippen LogP contribution in [0.4, 0.5) is 37.8 Å². The van der Waals surface area contributed by atoms with Gasteiger partial charge in [0, 0.05) is 80.6 Å². The van der Waals surface area contributed by atoms with Gasteiger partial charge < -0.3 is 14.4 Å². The van der Waals surface area contributed by atoms with Crippen molar-refractivity contribution in [3.05, 3.63) is 83.6 Å². The van der Waals surface area contributed by atoms with Crippen molar-refractivity contribution in [1.29, 1.82) is 0 Å². The summed E-state index contributed by atoms with van der Waals surface area (Å²) < 4.78 is 88.6. The lowest BCUT2D eigenvalue weighted by atomic mass is 9.93. The van der Waals surface area contributed by atoms with Crippen molar-refractivity contribution in [2.75, 3.05) is 55.6 Å². The molecule has 312 valence electrons. The molecule has 4 aliphatic heterocycles. The minimum absolute atomic E-state index is 0.00218. The fraction of sp³-hybridized carbons (Fsp3) is 0.381. The monoisotopic (exact) mass is 832 g/mol. The van der Waals surface area contributed by atoms with Gasteiger partial charge in [-0.25, -0.2) is 18.2 Å². The highest BCUT2D eigenvalue weighted by molar-refractivity contribution is 6.23. The third kappa shape index (κ3) is 7.09. The number of carbonyl (C=O) groups excluding carboxylic acids is 4. The number of aromatic nitrogens is 3. The molecule has 3 saturated heterocycles. The van der Waals surface area contributed by atoms with E-state index in [1.807, 2.05) is 4.90 Å². The molecule has 5 aromatic rings. The highest BCUT2D eigenvalue weighted by Crippen LogP contribution is 2.39. The predicted molar refractivity (Wildman–Crippen MR) is 208 cm³/mol. The number of nitrogens with one attached hydrogen (secondary N) is 1. The molecule has 12 nitrogen and oxygen atoms in total. The molecule has 0 bridgehead atoms. The molecule has 60 heavy (non-hydrogen) atoms. The number of piperidine rings is 2. The number of anilines is 2. The number of nitrogens with zero attached hydrogens (tertiary/aromatic N) is 7. The number of rotatable bonds is 8. The Morgan fingerprint density at radius 1 is 0.783 bits per heavy atom. The van der Waals surface area contributed by atoms with Gasteiger partial charge in [0.25, 0.3) is 11.8 Å². The van der Waals surface area contributed by atoms with Crippen LogP contribution >= 0.6 is 0 Å². The van der Waals surface area contributed by atoms with Crippen molar-refractivity contribution >= 4 is 56.9 Å². The summed E-state index contributed by atoms with van der Waals surface area (Å²) in [5.41, 5.74) is -0.463. The normalized spacial score (nSPS) is 19.6. The summed E-state index contributed by atoms with van der Waals surface area (Å²) in [5.74, 6) is -4.23. The summed E-state index contributed by atoms with van der Waals surface area (Å²) in [6, 6.07) is 6.90. The van der Waals surface area contributed by atoms with Crippen LogP contribution in [0.15, 0.2) is 55.0 Å². The van der Waals surface area contributed by atoms with E-state index in [-0.39, 0.29) is 57.0 Å². The maximum atomic E-state index is 16.1. The molecule has 0 spiro atoms. The maximum Gasteiger partial charge on any atom is 0.406 e. The largest absolute Gasteiger partial charge is 0.406 e. The van der Waals surface area contributed by atoms with Crippen LogP contribution in [-0.4, -0.2) is 106 Å². The number of halogens is 6. The Morgan fingerprint density at radius 2 is 1.52 bits per heavy atom. The number of benzene rings is 2. The molecule has 3 fully saturated rings. The van der Waals surface area contributed by atoms with E-state index in [0.717, 1.165) is 47.4 Å². The maximum absolute atomic E-state index is 16.1. The molecule has 0 radical (unpaired) electrons. The first-order chi connectivity index (χ1) is 28.8. The number of amides is 4. The number of hydrogen-bond donors (Lipinski definition) is 1. The SMILES string of the molecule is O=C1CCC(N2C(=O)c3cc(F)c(N4CCN(CCC5CCN(c6ccc(-c7c(F)cc8c9cnccc9n(CC(F)(F)F)c8c7F)cn6)CC5)CC4)cc3C2=O)C(=O)N1. The van der Waals surface area contributed by atoms with Crippen molar-refractivity contribution in [3.63, 3.8) is 0 Å². The fourth-order valence-corrected chi connectivity index (χ4v) is 9.11. The van der Waals surface area contributed by atoms with Crippen LogP contribution in [0.2, 0.25) is 0 Å². The van der Waals surface area contributed by atoms with E-state index in [2.05, 4.69) is 25.1 Å². The van der Waals surface area contributed by atoms with Crippen molar-refractivity contribution < 1.29 is 45.5 Å². The van der Waals surface area contributed by atoms with Crippen LogP contribution in [0.1, 0.15) is 52.8 Å². The van der Waals surface area contributed by atoms with Crippen LogP contribution in [-0.2, 0) is 16.1 Å². The van der Waals surface area contributed by atoms with Gasteiger partial charge in [-0.05, 0) is 74.5 Å². The van der Waals surface area contributed by atoms with E-state index in [9.17, 15) is 32.3 Å². The van der Waals surface area contributed by atoms with Crippen molar-refractivity contribution in [1.82, 2.24) is 29.7 Å². The minimum Gasteiger partial charge on any atom is -0.367 e. The molecule has 4 amide bonds. The highest BCUT2D eigenvalue weighted by atomic mass is 19.4. The molecule has 1 unspecified atom stereocenters. The predicted octanol–water partition coefficient (Wildman–Crippen LogP) is 6.06. The van der Waals surface area contributed by atoms with Gasteiger partial charge >= 0.3 is 6.18 Å². The second-order valence-corrected chi connectivity index (χ2v) is 15.8. The Kier molecular flexibility index (Phi) is 9.99. The van der Waals surface area contributed by atoms with Crippen molar-refractivity contribution in [2.45, 2.75) is 50.9 Å². The van der Waals surface area contributed by atoms with Gasteiger partial charge in [-0.1, -0.05) is 0 Å². The fourth-order valence-electron chi connectivity index (χ4n) is 9.11. The highest BCUT2D eigenvalue weighted by Gasteiger charge is 2.45. The summed E-state index contributed by atoms with van der Waals surface area (Å²) >= 11 is 0. The molecule has 4 aliphatic rings. The average Bonchev–Trinajstić information content (AvgIpc) is 3.65. The first kappa shape index (κ1) is 39.4. The Bertz CT molecular complexity index is 2560. The summed E-state index contributed by atoms with van der Waals surface area (Å²) in [7, 11) is 0. The molecular formula is C42H38F6N8O4. The Hall–Kier alpha value is -6.04. The second-order valence-electron chi connectivity index (χ2n) is 15.8. The molecule has 1 N–H and O–H groups in total. The molecule has 3 aromatic heterocycles. The second kappa shape index (κ2) is 15.2. The van der Waals surface area contributed by atoms with Gasteiger partial charge in [0.15, 0.2) is 5.82 Å². The van der Waals surface area contributed by atoms with Crippen LogP contribution in [0.5, 0.6) is 0 Å². The van der Waals surface area contributed by atoms with Gasteiger partial charge in [-0.2, -0.15) is 13.2 Å². The Morgan fingerprint density at radius 3 is 2.20 bits per heavy atom. The minimum atomic E-state index is -4.65. The first-order valence-corrected chi connectivity index (χ1v) is 19.8. The quantitative estimate of drug-likeness (QED) is 0.147. The van der Waals surface area contributed by atoms with Gasteiger partial charge in [0.05, 0.1) is 33.4 Å². The van der Waals surface area contributed by atoms with E-state index >= 15 is 13.2 Å². The van der Waals surface area contributed by atoms with Crippen molar-refractivity contribution in [3.8, 4) is 11.1 Å². The van der Waals surface area contributed by atoms with Crippen LogP contribution in [0.25, 0.3) is 32.9 Å². The molecule has 9 rings (SSSR count). The molecule has 0 aliphatic carbocycles. The molecule has 18 heteroatoms. The van der Waals surface area contributed by atoms with Crippen LogP contribution in [0.3, 0.4) is 0 Å². The van der Waals surface area contributed by atoms with Gasteiger partial charge in [-0.15, -0.1) is 0 Å². The lowest BCUT2D eigenvalue weighted by Crippen LogP contribution is -2.54. The lowest BCUT2D eigenvalue weighted by molar-refractivity contribution is -0.139. The number of imide groups is 2. The zero-order chi connectivity index (χ0) is 42.0. The van der Waals surface area contributed by atoms with Gasteiger partial charge in [-0.3, -0.25) is 39.3 Å². The lowest BCUT2D eigenvalue weighted by Gasteiger charge is -2.38. The van der Waals surface area contributed by atoms with E-state index in [4.69, 9.17) is 0 Å². The average molecular weight is 833 g/mol. The Balaban J connectivity index is 0.790. The topological polar surface area (TPSA) is 124 Å². The number of carbonyl (C=O) groups is 4. The van der Waals surface area contributed by atoms with Crippen molar-refractivity contribution in [2.24, 2.45) is 5.92 Å².